The zero-order valence-electron chi connectivity index (χ0n) is 15.2. The Morgan fingerprint density at radius 3 is 1.12 bits per heavy atom. The summed E-state index contributed by atoms with van der Waals surface area (Å²) in [6, 6.07) is 32.3. The second kappa shape index (κ2) is 6.72. The van der Waals surface area contributed by atoms with Crippen LogP contribution in [0.3, 0.4) is 0 Å². The molecule has 0 aliphatic rings. The molecule has 0 fully saturated rings. The van der Waals surface area contributed by atoms with Crippen LogP contribution in [0.15, 0.2) is 91.0 Å². The van der Waals surface area contributed by atoms with Gasteiger partial charge in [-0.1, -0.05) is 0 Å². The number of hydrogen-bond acceptors (Lipinski definition) is 0. The fourth-order valence-electron chi connectivity index (χ4n) is 3.83. The summed E-state index contributed by atoms with van der Waals surface area (Å²) in [4.78, 5) is 0. The Balaban J connectivity index is 2.45. The third-order valence-electron chi connectivity index (χ3n) is 4.65. The summed E-state index contributed by atoms with van der Waals surface area (Å²) in [5, 5.41) is 3.82. The molecule has 3 rings (SSSR count). The fraction of sp³-hybridized carbons (Fsp3) is 0.182. The monoisotopic (exact) mass is 384 g/mol. The molecule has 0 N–H and O–H groups in total. The van der Waals surface area contributed by atoms with Crippen molar-refractivity contribution in [2.45, 2.75) is 19.6 Å². The average Bonchev–Trinajstić information content (AvgIpc) is 2.63. The molecule has 0 aromatic heterocycles. The molecule has 3 aromatic carbocycles. The quantitative estimate of drug-likeness (QED) is 0.399. The van der Waals surface area contributed by atoms with E-state index in [4.69, 9.17) is 11.2 Å². The van der Waals surface area contributed by atoms with Crippen LogP contribution in [0, 0.1) is 0 Å². The minimum absolute atomic E-state index is 1.05. The molecule has 0 spiro atoms. The Morgan fingerprint density at radius 1 is 0.600 bits per heavy atom. The van der Waals surface area contributed by atoms with Crippen LogP contribution in [0.2, 0.25) is 19.6 Å². The molecule has 0 radical (unpaired) electrons. The third-order valence-corrected chi connectivity index (χ3v) is 17.8. The first-order valence-electron chi connectivity index (χ1n) is 8.74. The Bertz CT molecular complexity index is 727. The van der Waals surface area contributed by atoms with Gasteiger partial charge in [0.2, 0.25) is 0 Å². The van der Waals surface area contributed by atoms with Gasteiger partial charge in [-0.15, -0.1) is 0 Å². The van der Waals surface area contributed by atoms with E-state index in [0.717, 1.165) is 5.79 Å². The molecule has 0 heterocycles. The van der Waals surface area contributed by atoms with Crippen LogP contribution in [0.25, 0.3) is 0 Å². The van der Waals surface area contributed by atoms with Crippen LogP contribution in [0.1, 0.15) is 0 Å². The molecule has 0 saturated carbocycles. The van der Waals surface area contributed by atoms with Crippen LogP contribution in [-0.2, 0) is 0 Å². The summed E-state index contributed by atoms with van der Waals surface area (Å²) >= 11 is 8.02. The maximum absolute atomic E-state index is 8.02. The van der Waals surface area contributed by atoms with Gasteiger partial charge in [0.05, 0.1) is 0 Å². The SMILES string of the molecule is C[Si](C)(C)CP(Cl)(c1ccccc1)(c1ccccc1)c1ccccc1. The van der Waals surface area contributed by atoms with Gasteiger partial charge in [-0.25, -0.2) is 0 Å². The number of hydrogen-bond donors (Lipinski definition) is 0. The van der Waals surface area contributed by atoms with E-state index in [1.807, 2.05) is 0 Å². The van der Waals surface area contributed by atoms with Gasteiger partial charge < -0.3 is 0 Å². The molecule has 3 aromatic rings. The van der Waals surface area contributed by atoms with Crippen molar-refractivity contribution < 1.29 is 0 Å². The van der Waals surface area contributed by atoms with Crippen molar-refractivity contribution in [3.05, 3.63) is 91.0 Å². The van der Waals surface area contributed by atoms with E-state index in [0.29, 0.717) is 0 Å². The molecule has 0 aliphatic heterocycles. The second-order valence-corrected chi connectivity index (χ2v) is 20.4. The minimum atomic E-state index is -3.04. The predicted octanol–water partition coefficient (Wildman–Crippen LogP) is 5.55. The summed E-state index contributed by atoms with van der Waals surface area (Å²) in [5.41, 5.74) is 0. The predicted molar refractivity (Wildman–Crippen MR) is 119 cm³/mol. The first kappa shape index (κ1) is 18.4. The van der Waals surface area contributed by atoms with E-state index in [2.05, 4.69) is 111 Å². The van der Waals surface area contributed by atoms with Gasteiger partial charge in [0.15, 0.2) is 0 Å². The molecule has 0 atom stereocenters. The summed E-state index contributed by atoms with van der Waals surface area (Å²) < 4.78 is 0. The number of rotatable bonds is 5. The van der Waals surface area contributed by atoms with E-state index >= 15 is 0 Å². The molecular formula is C22H26ClPSi. The molecule has 0 nitrogen and oxygen atoms in total. The molecule has 0 saturated heterocycles. The van der Waals surface area contributed by atoms with Gasteiger partial charge in [0.25, 0.3) is 0 Å². The van der Waals surface area contributed by atoms with Crippen molar-refractivity contribution in [3.8, 4) is 0 Å². The van der Waals surface area contributed by atoms with E-state index < -0.39 is 14.0 Å². The van der Waals surface area contributed by atoms with Gasteiger partial charge in [0, 0.05) is 0 Å². The summed E-state index contributed by atoms with van der Waals surface area (Å²) in [7, 11) is -1.49. The summed E-state index contributed by atoms with van der Waals surface area (Å²) in [5.74, 6) is -1.98. The van der Waals surface area contributed by atoms with Gasteiger partial charge in [0.1, 0.15) is 0 Å². The van der Waals surface area contributed by atoms with Gasteiger partial charge >= 0.3 is 158 Å². The zero-order chi connectivity index (χ0) is 18.0. The van der Waals surface area contributed by atoms with Crippen molar-refractivity contribution in [1.29, 1.82) is 0 Å². The molecule has 0 amide bonds. The fourth-order valence-corrected chi connectivity index (χ4v) is 20.7. The van der Waals surface area contributed by atoms with Crippen LogP contribution in [-0.4, -0.2) is 13.9 Å². The first-order chi connectivity index (χ1) is 11.8. The van der Waals surface area contributed by atoms with E-state index in [9.17, 15) is 0 Å². The van der Waals surface area contributed by atoms with Crippen LogP contribution in [0.4, 0.5) is 0 Å². The van der Waals surface area contributed by atoms with Crippen molar-refractivity contribution in [2.75, 3.05) is 5.79 Å². The van der Waals surface area contributed by atoms with Crippen molar-refractivity contribution in [3.63, 3.8) is 0 Å². The number of benzene rings is 3. The van der Waals surface area contributed by atoms with E-state index in [1.54, 1.807) is 0 Å². The average molecular weight is 385 g/mol. The molecular weight excluding hydrogens is 359 g/mol. The molecule has 0 aliphatic carbocycles. The summed E-state index contributed by atoms with van der Waals surface area (Å²) in [6.07, 6.45) is 0. The van der Waals surface area contributed by atoms with Crippen molar-refractivity contribution in [1.82, 2.24) is 0 Å². The Labute approximate surface area is 157 Å². The van der Waals surface area contributed by atoms with Crippen molar-refractivity contribution >= 4 is 41.2 Å². The van der Waals surface area contributed by atoms with Gasteiger partial charge in [-0.3, -0.25) is 0 Å². The Hall–Kier alpha value is -1.40. The standard InChI is InChI=1S/C22H26ClPSi/c1-25(2,3)19-24(23,20-13-7-4-8-14-20,21-15-9-5-10-16-21)22-17-11-6-12-18-22/h4-18H,19H2,1-3H3. The Kier molecular flexibility index (Phi) is 4.94. The molecule has 130 valence electrons. The van der Waals surface area contributed by atoms with E-state index in [1.165, 1.54) is 15.9 Å². The zero-order valence-corrected chi connectivity index (χ0v) is 17.8. The molecule has 25 heavy (non-hydrogen) atoms. The summed E-state index contributed by atoms with van der Waals surface area (Å²) in [6.45, 7) is 7.27. The topological polar surface area (TPSA) is 0 Å². The first-order valence-corrected chi connectivity index (χ1v) is 15.8. The Morgan fingerprint density at radius 2 is 0.880 bits per heavy atom. The molecule has 3 heteroatoms. The maximum atomic E-state index is 8.02. The molecule has 0 unspecified atom stereocenters. The molecule has 0 bridgehead atoms. The van der Waals surface area contributed by atoms with Crippen LogP contribution in [0.5, 0.6) is 0 Å². The third kappa shape index (κ3) is 3.34. The number of halogens is 1. The van der Waals surface area contributed by atoms with E-state index in [-0.39, 0.29) is 0 Å². The normalized spacial score (nSPS) is 13.8. The second-order valence-electron chi connectivity index (χ2n) is 7.91. The van der Waals surface area contributed by atoms with Crippen molar-refractivity contribution in [2.24, 2.45) is 0 Å². The van der Waals surface area contributed by atoms with Gasteiger partial charge in [-0.2, -0.15) is 0 Å². The van der Waals surface area contributed by atoms with Crippen LogP contribution < -0.4 is 15.9 Å². The van der Waals surface area contributed by atoms with Crippen LogP contribution >= 0.6 is 17.2 Å². The van der Waals surface area contributed by atoms with Gasteiger partial charge in [-0.05, 0) is 0 Å².